The van der Waals surface area contributed by atoms with Crippen molar-refractivity contribution in [2.24, 2.45) is 5.92 Å². The van der Waals surface area contributed by atoms with Crippen LogP contribution in [-0.4, -0.2) is 5.78 Å². The summed E-state index contributed by atoms with van der Waals surface area (Å²) in [5, 5.41) is 0. The highest BCUT2D eigenvalue weighted by Gasteiger charge is 2.20. The molecule has 0 bridgehead atoms. The van der Waals surface area contributed by atoms with E-state index in [1.165, 1.54) is 17.2 Å². The van der Waals surface area contributed by atoms with Crippen molar-refractivity contribution in [3.63, 3.8) is 0 Å². The lowest BCUT2D eigenvalue weighted by Gasteiger charge is -2.13. The van der Waals surface area contributed by atoms with E-state index in [-0.39, 0.29) is 17.3 Å². The number of Topliss-reactive ketones (excluding diaryl/α,β-unsaturated/α-hetero) is 1. The number of hydrogen-bond donors (Lipinski definition) is 0. The number of carbonyl (C=O) groups excluding carboxylic acids is 1. The first kappa shape index (κ1) is 16.4. The molecule has 1 rings (SSSR count). The molecule has 0 N–H and O–H groups in total. The Kier molecular flexibility index (Phi) is 6.37. The summed E-state index contributed by atoms with van der Waals surface area (Å²) < 4.78 is 13.7. The molecule has 0 radical (unpaired) electrons. The molecule has 0 saturated heterocycles. The van der Waals surface area contributed by atoms with Gasteiger partial charge in [-0.25, -0.2) is 4.39 Å². The highest BCUT2D eigenvalue weighted by molar-refractivity contribution is 5.98. The summed E-state index contributed by atoms with van der Waals surface area (Å²) in [5.74, 6) is -0.744. The maximum absolute atomic E-state index is 13.7. The molecule has 0 aliphatic heterocycles. The van der Waals surface area contributed by atoms with Crippen LogP contribution in [0.25, 0.3) is 0 Å². The molecule has 0 aliphatic carbocycles. The van der Waals surface area contributed by atoms with Crippen LogP contribution < -0.4 is 0 Å². The van der Waals surface area contributed by atoms with Gasteiger partial charge < -0.3 is 0 Å². The summed E-state index contributed by atoms with van der Waals surface area (Å²) in [4.78, 5) is 12.5. The standard InChI is InChI=1S/C18H23FO/c1-13(2)9-11-15(12-10-14(3)4)18(20)16-7-5-6-8-17(16)19/h5-10,15H,11-12H2,1-4H3. The van der Waals surface area contributed by atoms with Gasteiger partial charge in [-0.3, -0.25) is 4.79 Å². The van der Waals surface area contributed by atoms with Crippen molar-refractivity contribution in [3.05, 3.63) is 58.9 Å². The van der Waals surface area contributed by atoms with E-state index in [0.29, 0.717) is 12.8 Å². The van der Waals surface area contributed by atoms with Crippen LogP contribution in [0, 0.1) is 11.7 Å². The summed E-state index contributed by atoms with van der Waals surface area (Å²) in [5.41, 5.74) is 2.55. The zero-order valence-electron chi connectivity index (χ0n) is 12.7. The second-order valence-electron chi connectivity index (χ2n) is 5.58. The lowest BCUT2D eigenvalue weighted by atomic mass is 9.90. The summed E-state index contributed by atoms with van der Waals surface area (Å²) in [6, 6.07) is 6.21. The Bertz CT molecular complexity index is 498. The Labute approximate surface area is 121 Å². The van der Waals surface area contributed by atoms with Crippen LogP contribution >= 0.6 is 0 Å². The van der Waals surface area contributed by atoms with Crippen molar-refractivity contribution in [1.82, 2.24) is 0 Å². The molecule has 0 spiro atoms. The summed E-state index contributed by atoms with van der Waals surface area (Å²) in [6.07, 6.45) is 5.39. The quantitative estimate of drug-likeness (QED) is 0.505. The van der Waals surface area contributed by atoms with Gasteiger partial charge >= 0.3 is 0 Å². The van der Waals surface area contributed by atoms with Gasteiger partial charge in [-0.05, 0) is 52.7 Å². The number of rotatable bonds is 6. The largest absolute Gasteiger partial charge is 0.294 e. The third kappa shape index (κ3) is 5.12. The molecular formula is C18H23FO. The minimum Gasteiger partial charge on any atom is -0.294 e. The molecule has 0 saturated carbocycles. The number of allylic oxidation sites excluding steroid dienone is 4. The van der Waals surface area contributed by atoms with Crippen LogP contribution in [0.3, 0.4) is 0 Å². The van der Waals surface area contributed by atoms with Crippen molar-refractivity contribution in [2.75, 3.05) is 0 Å². The molecule has 1 aromatic carbocycles. The average molecular weight is 274 g/mol. The van der Waals surface area contributed by atoms with Gasteiger partial charge in [0, 0.05) is 5.92 Å². The number of hydrogen-bond acceptors (Lipinski definition) is 1. The second-order valence-corrected chi connectivity index (χ2v) is 5.58. The van der Waals surface area contributed by atoms with Gasteiger partial charge in [0.2, 0.25) is 0 Å². The summed E-state index contributed by atoms with van der Waals surface area (Å²) in [7, 11) is 0. The van der Waals surface area contributed by atoms with Crippen molar-refractivity contribution in [2.45, 2.75) is 40.5 Å². The highest BCUT2D eigenvalue weighted by Crippen LogP contribution is 2.21. The van der Waals surface area contributed by atoms with Crippen molar-refractivity contribution in [3.8, 4) is 0 Å². The lowest BCUT2D eigenvalue weighted by Crippen LogP contribution is -2.15. The second kappa shape index (κ2) is 7.78. The first-order valence-electron chi connectivity index (χ1n) is 6.97. The Hall–Kier alpha value is -1.70. The molecule has 108 valence electrons. The van der Waals surface area contributed by atoms with E-state index < -0.39 is 5.82 Å². The fourth-order valence-corrected chi connectivity index (χ4v) is 1.95. The van der Waals surface area contributed by atoms with Gasteiger partial charge in [0.05, 0.1) is 5.56 Å². The van der Waals surface area contributed by atoms with Crippen LogP contribution in [0.1, 0.15) is 50.9 Å². The van der Waals surface area contributed by atoms with E-state index in [4.69, 9.17) is 0 Å². The maximum atomic E-state index is 13.7. The minimum atomic E-state index is -0.433. The third-order valence-electron chi connectivity index (χ3n) is 3.13. The first-order valence-corrected chi connectivity index (χ1v) is 6.97. The molecule has 0 heterocycles. The van der Waals surface area contributed by atoms with E-state index in [2.05, 4.69) is 0 Å². The van der Waals surface area contributed by atoms with Crippen molar-refractivity contribution >= 4 is 5.78 Å². The number of carbonyl (C=O) groups is 1. The Morgan fingerprint density at radius 1 is 1.05 bits per heavy atom. The number of ketones is 1. The lowest BCUT2D eigenvalue weighted by molar-refractivity contribution is 0.0917. The minimum absolute atomic E-state index is 0.113. The van der Waals surface area contributed by atoms with Gasteiger partial charge in [-0.1, -0.05) is 35.4 Å². The van der Waals surface area contributed by atoms with Crippen molar-refractivity contribution < 1.29 is 9.18 Å². The van der Waals surface area contributed by atoms with E-state index >= 15 is 0 Å². The van der Waals surface area contributed by atoms with E-state index in [0.717, 1.165) is 0 Å². The predicted octanol–water partition coefficient (Wildman–Crippen LogP) is 5.34. The fourth-order valence-electron chi connectivity index (χ4n) is 1.95. The van der Waals surface area contributed by atoms with Crippen LogP contribution in [0.4, 0.5) is 4.39 Å². The zero-order chi connectivity index (χ0) is 15.1. The molecule has 0 aliphatic rings. The predicted molar refractivity (Wildman–Crippen MR) is 82.3 cm³/mol. The van der Waals surface area contributed by atoms with Crippen LogP contribution in [0.5, 0.6) is 0 Å². The molecule has 0 amide bonds. The number of benzene rings is 1. The Morgan fingerprint density at radius 3 is 2.00 bits per heavy atom. The van der Waals surface area contributed by atoms with Gasteiger partial charge in [0.15, 0.2) is 5.78 Å². The van der Waals surface area contributed by atoms with Gasteiger partial charge in [-0.2, -0.15) is 0 Å². The summed E-state index contributed by atoms with van der Waals surface area (Å²) >= 11 is 0. The Morgan fingerprint density at radius 2 is 1.55 bits per heavy atom. The average Bonchev–Trinajstić information content (AvgIpc) is 2.38. The maximum Gasteiger partial charge on any atom is 0.169 e. The molecule has 1 nitrogen and oxygen atoms in total. The monoisotopic (exact) mass is 274 g/mol. The molecule has 0 atom stereocenters. The normalized spacial score (nSPS) is 10.3. The third-order valence-corrected chi connectivity index (χ3v) is 3.13. The van der Waals surface area contributed by atoms with Crippen LogP contribution in [-0.2, 0) is 0 Å². The SMILES string of the molecule is CC(C)=CCC(CC=C(C)C)C(=O)c1ccccc1F. The topological polar surface area (TPSA) is 17.1 Å². The molecular weight excluding hydrogens is 251 g/mol. The smallest absolute Gasteiger partial charge is 0.169 e. The van der Waals surface area contributed by atoms with E-state index in [1.54, 1.807) is 18.2 Å². The Balaban J connectivity index is 2.97. The molecule has 0 unspecified atom stereocenters. The highest BCUT2D eigenvalue weighted by atomic mass is 19.1. The molecule has 2 heteroatoms. The van der Waals surface area contributed by atoms with Gasteiger partial charge in [0.1, 0.15) is 5.82 Å². The van der Waals surface area contributed by atoms with E-state index in [1.807, 2.05) is 39.8 Å². The fraction of sp³-hybridized carbons (Fsp3) is 0.389. The summed E-state index contributed by atoms with van der Waals surface area (Å²) in [6.45, 7) is 8.02. The van der Waals surface area contributed by atoms with Gasteiger partial charge in [0.25, 0.3) is 0 Å². The number of halogens is 1. The molecule has 0 fully saturated rings. The van der Waals surface area contributed by atoms with Crippen LogP contribution in [0.15, 0.2) is 47.6 Å². The molecule has 0 aromatic heterocycles. The van der Waals surface area contributed by atoms with Crippen LogP contribution in [0.2, 0.25) is 0 Å². The first-order chi connectivity index (χ1) is 9.41. The molecule has 1 aromatic rings. The van der Waals surface area contributed by atoms with Gasteiger partial charge in [-0.15, -0.1) is 0 Å². The zero-order valence-corrected chi connectivity index (χ0v) is 12.7. The van der Waals surface area contributed by atoms with E-state index in [9.17, 15) is 9.18 Å². The van der Waals surface area contributed by atoms with Crippen molar-refractivity contribution in [1.29, 1.82) is 0 Å². The molecule has 20 heavy (non-hydrogen) atoms.